The second kappa shape index (κ2) is 7.72. The third-order valence-corrected chi connectivity index (χ3v) is 2.69. The van der Waals surface area contributed by atoms with Crippen molar-refractivity contribution in [2.24, 2.45) is 0 Å². The molecule has 7 heteroatoms. The van der Waals surface area contributed by atoms with Crippen LogP contribution in [0, 0.1) is 0 Å². The second-order valence-electron chi connectivity index (χ2n) is 4.27. The summed E-state index contributed by atoms with van der Waals surface area (Å²) in [4.78, 5) is 23.1. The number of imide groups is 1. The summed E-state index contributed by atoms with van der Waals surface area (Å²) in [6.07, 6.45) is 1.50. The van der Waals surface area contributed by atoms with Gasteiger partial charge in [-0.25, -0.2) is 4.79 Å². The van der Waals surface area contributed by atoms with Crippen LogP contribution in [-0.2, 0) is 11.3 Å². The lowest BCUT2D eigenvalue weighted by Gasteiger charge is -2.08. The predicted molar refractivity (Wildman–Crippen MR) is 77.6 cm³/mol. The van der Waals surface area contributed by atoms with Crippen LogP contribution in [0.5, 0.6) is 11.5 Å². The normalized spacial score (nSPS) is 9.86. The van der Waals surface area contributed by atoms with E-state index in [0.717, 1.165) is 0 Å². The van der Waals surface area contributed by atoms with E-state index in [0.29, 0.717) is 17.3 Å². The van der Waals surface area contributed by atoms with Crippen molar-refractivity contribution in [3.05, 3.63) is 48.4 Å². The average Bonchev–Trinajstić information content (AvgIpc) is 3.05. The van der Waals surface area contributed by atoms with E-state index < -0.39 is 11.9 Å². The Morgan fingerprint density at radius 3 is 2.50 bits per heavy atom. The topological polar surface area (TPSA) is 89.8 Å². The molecule has 1 aromatic carbocycles. The van der Waals surface area contributed by atoms with Crippen LogP contribution in [0.25, 0.3) is 0 Å². The Hall–Kier alpha value is -2.96. The van der Waals surface area contributed by atoms with Crippen molar-refractivity contribution in [3.63, 3.8) is 0 Å². The van der Waals surface area contributed by atoms with E-state index in [-0.39, 0.29) is 13.2 Å². The van der Waals surface area contributed by atoms with Crippen molar-refractivity contribution >= 4 is 11.9 Å². The number of urea groups is 1. The van der Waals surface area contributed by atoms with Crippen LogP contribution < -0.4 is 20.1 Å². The minimum Gasteiger partial charge on any atom is -0.497 e. The maximum atomic E-state index is 11.6. The fourth-order valence-electron chi connectivity index (χ4n) is 1.61. The fourth-order valence-corrected chi connectivity index (χ4v) is 1.61. The van der Waals surface area contributed by atoms with Gasteiger partial charge in [-0.3, -0.25) is 10.1 Å². The Labute approximate surface area is 127 Å². The van der Waals surface area contributed by atoms with Crippen LogP contribution in [0.1, 0.15) is 5.76 Å². The maximum Gasteiger partial charge on any atom is 0.321 e. The maximum absolute atomic E-state index is 11.6. The lowest BCUT2D eigenvalue weighted by molar-refractivity contribution is -0.122. The number of nitrogens with one attached hydrogen (secondary N) is 2. The molecule has 3 amide bonds. The van der Waals surface area contributed by atoms with Crippen molar-refractivity contribution in [1.29, 1.82) is 0 Å². The third kappa shape index (κ3) is 4.86. The van der Waals surface area contributed by atoms with Gasteiger partial charge in [0.05, 0.1) is 19.9 Å². The van der Waals surface area contributed by atoms with E-state index in [1.807, 2.05) is 0 Å². The summed E-state index contributed by atoms with van der Waals surface area (Å²) in [6.45, 7) is -0.0635. The molecule has 0 unspecified atom stereocenters. The third-order valence-electron chi connectivity index (χ3n) is 2.69. The molecule has 0 fully saturated rings. The van der Waals surface area contributed by atoms with Crippen LogP contribution in [0.3, 0.4) is 0 Å². The minimum atomic E-state index is -0.611. The van der Waals surface area contributed by atoms with Crippen molar-refractivity contribution < 1.29 is 23.5 Å². The first-order valence-corrected chi connectivity index (χ1v) is 6.54. The SMILES string of the molecule is COc1ccc(OCC(=O)NC(=O)NCc2ccco2)cc1. The monoisotopic (exact) mass is 304 g/mol. The summed E-state index contributed by atoms with van der Waals surface area (Å²) in [7, 11) is 1.56. The van der Waals surface area contributed by atoms with Gasteiger partial charge >= 0.3 is 6.03 Å². The molecule has 22 heavy (non-hydrogen) atoms. The van der Waals surface area contributed by atoms with E-state index in [9.17, 15) is 9.59 Å². The van der Waals surface area contributed by atoms with Gasteiger partial charge in [-0.15, -0.1) is 0 Å². The summed E-state index contributed by atoms with van der Waals surface area (Å²) < 4.78 is 15.3. The molecular formula is C15H16N2O5. The van der Waals surface area contributed by atoms with Gasteiger partial charge in [-0.2, -0.15) is 0 Å². The highest BCUT2D eigenvalue weighted by Gasteiger charge is 2.08. The summed E-state index contributed by atoms with van der Waals surface area (Å²) >= 11 is 0. The Kier molecular flexibility index (Phi) is 5.42. The van der Waals surface area contributed by atoms with Crippen LogP contribution in [-0.4, -0.2) is 25.7 Å². The molecule has 0 aliphatic carbocycles. The Bertz CT molecular complexity index is 607. The number of hydrogen-bond donors (Lipinski definition) is 2. The number of carbonyl (C=O) groups excluding carboxylic acids is 2. The Balaban J connectivity index is 1.69. The largest absolute Gasteiger partial charge is 0.497 e. The molecule has 2 rings (SSSR count). The molecule has 1 aromatic heterocycles. The van der Waals surface area contributed by atoms with E-state index in [4.69, 9.17) is 13.9 Å². The number of ether oxygens (including phenoxy) is 2. The molecular weight excluding hydrogens is 288 g/mol. The fraction of sp³-hybridized carbons (Fsp3) is 0.200. The van der Waals surface area contributed by atoms with Gasteiger partial charge in [0, 0.05) is 0 Å². The molecule has 116 valence electrons. The lowest BCUT2D eigenvalue weighted by Crippen LogP contribution is -2.41. The molecule has 7 nitrogen and oxygen atoms in total. The number of methoxy groups -OCH3 is 1. The lowest BCUT2D eigenvalue weighted by atomic mass is 10.3. The molecule has 0 radical (unpaired) electrons. The highest BCUT2D eigenvalue weighted by atomic mass is 16.5. The average molecular weight is 304 g/mol. The van der Waals surface area contributed by atoms with Crippen molar-refractivity contribution in [2.75, 3.05) is 13.7 Å². The first kappa shape index (κ1) is 15.4. The minimum absolute atomic E-state index is 0.200. The zero-order chi connectivity index (χ0) is 15.8. The van der Waals surface area contributed by atoms with Crippen molar-refractivity contribution in [1.82, 2.24) is 10.6 Å². The van der Waals surface area contributed by atoms with Crippen LogP contribution in [0.4, 0.5) is 4.79 Å². The predicted octanol–water partition coefficient (Wildman–Crippen LogP) is 1.69. The van der Waals surface area contributed by atoms with Gasteiger partial charge in [0.25, 0.3) is 5.91 Å². The number of benzene rings is 1. The first-order chi connectivity index (χ1) is 10.7. The molecule has 0 saturated carbocycles. The highest BCUT2D eigenvalue weighted by Crippen LogP contribution is 2.16. The van der Waals surface area contributed by atoms with Crippen molar-refractivity contribution in [3.8, 4) is 11.5 Å². The number of amides is 3. The van der Waals surface area contributed by atoms with Gasteiger partial charge in [-0.1, -0.05) is 0 Å². The van der Waals surface area contributed by atoms with Crippen LogP contribution >= 0.6 is 0 Å². The standard InChI is InChI=1S/C15H16N2O5/c1-20-11-4-6-12(7-5-11)22-10-14(18)17-15(19)16-9-13-3-2-8-21-13/h2-8H,9-10H2,1H3,(H2,16,17,18,19). The Morgan fingerprint density at radius 2 is 1.86 bits per heavy atom. The molecule has 0 saturated heterocycles. The van der Waals surface area contributed by atoms with Gasteiger partial charge < -0.3 is 19.2 Å². The number of hydrogen-bond acceptors (Lipinski definition) is 5. The smallest absolute Gasteiger partial charge is 0.321 e. The molecule has 0 aliphatic rings. The van der Waals surface area contributed by atoms with Gasteiger partial charge in [0.1, 0.15) is 17.3 Å². The summed E-state index contributed by atoms with van der Waals surface area (Å²) in [5.41, 5.74) is 0. The molecule has 0 spiro atoms. The summed E-state index contributed by atoms with van der Waals surface area (Å²) in [5, 5.41) is 4.65. The molecule has 1 heterocycles. The van der Waals surface area contributed by atoms with Crippen LogP contribution in [0.15, 0.2) is 47.1 Å². The summed E-state index contributed by atoms with van der Waals surface area (Å²) in [5.74, 6) is 1.24. The van der Waals surface area contributed by atoms with E-state index in [2.05, 4.69) is 10.6 Å². The zero-order valence-corrected chi connectivity index (χ0v) is 12.0. The van der Waals surface area contributed by atoms with Gasteiger partial charge in [0.15, 0.2) is 6.61 Å². The van der Waals surface area contributed by atoms with Crippen molar-refractivity contribution in [2.45, 2.75) is 6.54 Å². The van der Waals surface area contributed by atoms with E-state index >= 15 is 0 Å². The molecule has 0 aliphatic heterocycles. The summed E-state index contributed by atoms with van der Waals surface area (Å²) in [6, 6.07) is 9.58. The number of carbonyl (C=O) groups is 2. The second-order valence-corrected chi connectivity index (χ2v) is 4.27. The first-order valence-electron chi connectivity index (χ1n) is 6.54. The van der Waals surface area contributed by atoms with E-state index in [1.165, 1.54) is 6.26 Å². The highest BCUT2D eigenvalue weighted by molar-refractivity contribution is 5.94. The molecule has 0 bridgehead atoms. The van der Waals surface area contributed by atoms with Gasteiger partial charge in [0.2, 0.25) is 0 Å². The molecule has 0 atom stereocenters. The van der Waals surface area contributed by atoms with Gasteiger partial charge in [-0.05, 0) is 36.4 Å². The zero-order valence-electron chi connectivity index (χ0n) is 12.0. The molecule has 2 N–H and O–H groups in total. The number of rotatable bonds is 6. The quantitative estimate of drug-likeness (QED) is 0.847. The number of furan rings is 1. The van der Waals surface area contributed by atoms with E-state index in [1.54, 1.807) is 43.5 Å². The van der Waals surface area contributed by atoms with Crippen LogP contribution in [0.2, 0.25) is 0 Å². The molecule has 2 aromatic rings. The Morgan fingerprint density at radius 1 is 1.14 bits per heavy atom.